The predicted molar refractivity (Wildman–Crippen MR) is 69.3 cm³/mol. The van der Waals surface area contributed by atoms with Crippen LogP contribution in [0.1, 0.15) is 30.9 Å². The van der Waals surface area contributed by atoms with Crippen LogP contribution in [-0.2, 0) is 0 Å². The molecule has 0 aliphatic carbocycles. The smallest absolute Gasteiger partial charge is 0.0747 e. The highest BCUT2D eigenvalue weighted by Gasteiger charge is 2.26. The van der Waals surface area contributed by atoms with Crippen LogP contribution in [0, 0.1) is 0 Å². The summed E-state index contributed by atoms with van der Waals surface area (Å²) in [6, 6.07) is 8.76. The number of nitrogens with zero attached hydrogens (tertiary/aromatic N) is 1. The minimum atomic E-state index is -0.233. The Bertz CT molecular complexity index is 388. The van der Waals surface area contributed by atoms with Gasteiger partial charge in [-0.25, -0.2) is 0 Å². The Labute approximate surface area is 102 Å². The molecule has 17 heavy (non-hydrogen) atoms. The predicted octanol–water partition coefficient (Wildman–Crippen LogP) is 1.68. The number of hydrogen-bond donors (Lipinski definition) is 2. The van der Waals surface area contributed by atoms with Gasteiger partial charge in [-0.2, -0.15) is 0 Å². The third kappa shape index (κ3) is 2.17. The summed E-state index contributed by atoms with van der Waals surface area (Å²) in [4.78, 5) is 2.44. The van der Waals surface area contributed by atoms with Crippen molar-refractivity contribution in [2.75, 3.05) is 24.5 Å². The molecule has 0 radical (unpaired) electrons. The second-order valence-corrected chi connectivity index (χ2v) is 5.08. The maximum atomic E-state index is 9.92. The SMILES string of the molecule is OC1CCNC1c1cccc(N2CCCC2)c1. The van der Waals surface area contributed by atoms with E-state index in [0.29, 0.717) is 0 Å². The molecular weight excluding hydrogens is 212 g/mol. The molecule has 2 atom stereocenters. The van der Waals surface area contributed by atoms with E-state index >= 15 is 0 Å². The van der Waals surface area contributed by atoms with Crippen molar-refractivity contribution in [2.45, 2.75) is 31.4 Å². The average Bonchev–Trinajstić information content (AvgIpc) is 2.99. The molecule has 0 saturated carbocycles. The first kappa shape index (κ1) is 11.1. The summed E-state index contributed by atoms with van der Waals surface area (Å²) in [5.74, 6) is 0. The van der Waals surface area contributed by atoms with Crippen LogP contribution in [0.25, 0.3) is 0 Å². The van der Waals surface area contributed by atoms with Crippen LogP contribution in [0.5, 0.6) is 0 Å². The van der Waals surface area contributed by atoms with Crippen LogP contribution in [0.4, 0.5) is 5.69 Å². The Balaban J connectivity index is 1.83. The lowest BCUT2D eigenvalue weighted by molar-refractivity contribution is 0.160. The van der Waals surface area contributed by atoms with Crippen molar-refractivity contribution in [1.29, 1.82) is 0 Å². The van der Waals surface area contributed by atoms with Gasteiger partial charge in [0.1, 0.15) is 0 Å². The molecule has 92 valence electrons. The first-order chi connectivity index (χ1) is 8.34. The van der Waals surface area contributed by atoms with Gasteiger partial charge in [0, 0.05) is 18.8 Å². The van der Waals surface area contributed by atoms with Crippen LogP contribution < -0.4 is 10.2 Å². The van der Waals surface area contributed by atoms with E-state index in [1.54, 1.807) is 0 Å². The van der Waals surface area contributed by atoms with Gasteiger partial charge in [0.25, 0.3) is 0 Å². The van der Waals surface area contributed by atoms with Crippen molar-refractivity contribution in [1.82, 2.24) is 5.32 Å². The second-order valence-electron chi connectivity index (χ2n) is 5.08. The number of benzene rings is 1. The third-order valence-electron chi connectivity index (χ3n) is 3.89. The highest BCUT2D eigenvalue weighted by molar-refractivity contribution is 5.50. The molecule has 3 nitrogen and oxygen atoms in total. The number of rotatable bonds is 2. The fraction of sp³-hybridized carbons (Fsp3) is 0.571. The lowest BCUT2D eigenvalue weighted by Gasteiger charge is -2.21. The first-order valence-electron chi connectivity index (χ1n) is 6.61. The van der Waals surface area contributed by atoms with Crippen molar-refractivity contribution >= 4 is 5.69 Å². The van der Waals surface area contributed by atoms with Crippen LogP contribution in [0.15, 0.2) is 24.3 Å². The maximum Gasteiger partial charge on any atom is 0.0747 e. The van der Waals surface area contributed by atoms with Gasteiger partial charge in [-0.05, 0) is 43.5 Å². The summed E-state index contributed by atoms with van der Waals surface area (Å²) in [5, 5.41) is 13.3. The van der Waals surface area contributed by atoms with Crippen molar-refractivity contribution in [3.63, 3.8) is 0 Å². The molecule has 2 N–H and O–H groups in total. The minimum Gasteiger partial charge on any atom is -0.391 e. The van der Waals surface area contributed by atoms with Gasteiger partial charge >= 0.3 is 0 Å². The molecule has 2 aliphatic heterocycles. The second kappa shape index (κ2) is 4.67. The zero-order chi connectivity index (χ0) is 11.7. The Morgan fingerprint density at radius 2 is 2.06 bits per heavy atom. The number of anilines is 1. The number of aliphatic hydroxyl groups excluding tert-OH is 1. The van der Waals surface area contributed by atoms with E-state index in [-0.39, 0.29) is 12.1 Å². The fourth-order valence-corrected chi connectivity index (χ4v) is 2.92. The zero-order valence-electron chi connectivity index (χ0n) is 10.1. The summed E-state index contributed by atoms with van der Waals surface area (Å²) in [7, 11) is 0. The zero-order valence-corrected chi connectivity index (χ0v) is 10.1. The minimum absolute atomic E-state index is 0.123. The monoisotopic (exact) mass is 232 g/mol. The van der Waals surface area contributed by atoms with Crippen LogP contribution in [0.3, 0.4) is 0 Å². The summed E-state index contributed by atoms with van der Waals surface area (Å²) in [6.45, 7) is 3.26. The van der Waals surface area contributed by atoms with Gasteiger partial charge in [0.2, 0.25) is 0 Å². The van der Waals surface area contributed by atoms with Gasteiger partial charge in [0.05, 0.1) is 12.1 Å². The first-order valence-corrected chi connectivity index (χ1v) is 6.61. The molecule has 0 aromatic heterocycles. The maximum absolute atomic E-state index is 9.92. The molecule has 2 fully saturated rings. The van der Waals surface area contributed by atoms with Crippen molar-refractivity contribution < 1.29 is 5.11 Å². The van der Waals surface area contributed by atoms with E-state index in [0.717, 1.165) is 13.0 Å². The molecule has 1 aromatic rings. The molecule has 3 heteroatoms. The molecule has 2 heterocycles. The van der Waals surface area contributed by atoms with Gasteiger partial charge in [-0.1, -0.05) is 12.1 Å². The molecule has 1 aromatic carbocycles. The van der Waals surface area contributed by atoms with Gasteiger partial charge in [-0.3, -0.25) is 0 Å². The van der Waals surface area contributed by atoms with Crippen molar-refractivity contribution in [3.8, 4) is 0 Å². The highest BCUT2D eigenvalue weighted by Crippen LogP contribution is 2.28. The van der Waals surface area contributed by atoms with E-state index < -0.39 is 0 Å². The molecule has 2 aliphatic rings. The molecule has 2 saturated heterocycles. The molecule has 0 amide bonds. The van der Waals surface area contributed by atoms with E-state index in [2.05, 4.69) is 34.5 Å². The number of hydrogen-bond acceptors (Lipinski definition) is 3. The number of aliphatic hydroxyl groups is 1. The summed E-state index contributed by atoms with van der Waals surface area (Å²) >= 11 is 0. The Morgan fingerprint density at radius 3 is 2.76 bits per heavy atom. The van der Waals surface area contributed by atoms with E-state index in [1.165, 1.54) is 37.2 Å². The Hall–Kier alpha value is -1.06. The summed E-state index contributed by atoms with van der Waals surface area (Å²) < 4.78 is 0. The van der Waals surface area contributed by atoms with Crippen LogP contribution in [-0.4, -0.2) is 30.8 Å². The lowest BCUT2D eigenvalue weighted by Crippen LogP contribution is -2.22. The average molecular weight is 232 g/mol. The molecule has 0 bridgehead atoms. The molecular formula is C14H20N2O. The van der Waals surface area contributed by atoms with E-state index in [4.69, 9.17) is 0 Å². The van der Waals surface area contributed by atoms with E-state index in [9.17, 15) is 5.11 Å². The summed E-state index contributed by atoms with van der Waals surface area (Å²) in [6.07, 6.45) is 3.23. The van der Waals surface area contributed by atoms with Crippen LogP contribution in [0.2, 0.25) is 0 Å². The topological polar surface area (TPSA) is 35.5 Å². The van der Waals surface area contributed by atoms with Gasteiger partial charge < -0.3 is 15.3 Å². The molecule has 3 rings (SSSR count). The van der Waals surface area contributed by atoms with Gasteiger partial charge in [-0.15, -0.1) is 0 Å². The molecule has 2 unspecified atom stereocenters. The van der Waals surface area contributed by atoms with Crippen molar-refractivity contribution in [2.24, 2.45) is 0 Å². The third-order valence-corrected chi connectivity index (χ3v) is 3.89. The normalized spacial score (nSPS) is 28.9. The van der Waals surface area contributed by atoms with Crippen molar-refractivity contribution in [3.05, 3.63) is 29.8 Å². The lowest BCUT2D eigenvalue weighted by atomic mass is 10.0. The van der Waals surface area contributed by atoms with Crippen LogP contribution >= 0.6 is 0 Å². The number of nitrogens with one attached hydrogen (secondary N) is 1. The van der Waals surface area contributed by atoms with Gasteiger partial charge in [0.15, 0.2) is 0 Å². The highest BCUT2D eigenvalue weighted by atomic mass is 16.3. The Kier molecular flexibility index (Phi) is 3.04. The quantitative estimate of drug-likeness (QED) is 0.814. The van der Waals surface area contributed by atoms with E-state index in [1.807, 2.05) is 0 Å². The molecule has 0 spiro atoms. The standard InChI is InChI=1S/C14H20N2O/c17-13-6-7-15-14(13)11-4-3-5-12(10-11)16-8-1-2-9-16/h3-5,10,13-15,17H,1-2,6-9H2. The Morgan fingerprint density at radius 1 is 1.24 bits per heavy atom. The fourth-order valence-electron chi connectivity index (χ4n) is 2.92. The summed E-state index contributed by atoms with van der Waals surface area (Å²) in [5.41, 5.74) is 2.53. The largest absolute Gasteiger partial charge is 0.391 e.